The van der Waals surface area contributed by atoms with Gasteiger partial charge in [-0.3, -0.25) is 15.6 Å². The van der Waals surface area contributed by atoms with E-state index in [0.717, 1.165) is 0 Å². The quantitative estimate of drug-likeness (QED) is 0.386. The second kappa shape index (κ2) is 4.99. The van der Waals surface area contributed by atoms with Crippen LogP contribution in [0.25, 0.3) is 0 Å². The van der Waals surface area contributed by atoms with Crippen LogP contribution in [0.15, 0.2) is 18.5 Å². The van der Waals surface area contributed by atoms with Crippen molar-refractivity contribution in [3.63, 3.8) is 0 Å². The third kappa shape index (κ3) is 2.52. The van der Waals surface area contributed by atoms with E-state index in [2.05, 4.69) is 36.4 Å². The van der Waals surface area contributed by atoms with Gasteiger partial charge in [-0.15, -0.1) is 10.2 Å². The lowest BCUT2D eigenvalue weighted by atomic mass is 10.2. The first kappa shape index (κ1) is 11.0. The molecule has 9 heteroatoms. The Labute approximate surface area is 95.8 Å². The number of anilines is 1. The van der Waals surface area contributed by atoms with Crippen LogP contribution < -0.4 is 16.6 Å². The smallest absolute Gasteiger partial charge is 0.253 e. The van der Waals surface area contributed by atoms with Gasteiger partial charge in [0.1, 0.15) is 0 Å². The van der Waals surface area contributed by atoms with Gasteiger partial charge in [0, 0.05) is 6.20 Å². The predicted molar refractivity (Wildman–Crippen MR) is 57.4 cm³/mol. The van der Waals surface area contributed by atoms with Crippen LogP contribution in [0.2, 0.25) is 0 Å². The SMILES string of the molecule is NNc1cnccc1C(=O)NCc1nn[nH]n1. The highest BCUT2D eigenvalue weighted by Gasteiger charge is 2.11. The molecule has 88 valence electrons. The number of carbonyl (C=O) groups excluding carboxylic acids is 1. The van der Waals surface area contributed by atoms with Crippen molar-refractivity contribution in [1.29, 1.82) is 0 Å². The van der Waals surface area contributed by atoms with E-state index in [4.69, 9.17) is 5.84 Å². The van der Waals surface area contributed by atoms with E-state index in [1.54, 1.807) is 6.07 Å². The topological polar surface area (TPSA) is 134 Å². The number of hydrazine groups is 1. The van der Waals surface area contributed by atoms with Crippen LogP contribution in [-0.4, -0.2) is 31.5 Å². The summed E-state index contributed by atoms with van der Waals surface area (Å²) in [7, 11) is 0. The van der Waals surface area contributed by atoms with Crippen molar-refractivity contribution in [1.82, 2.24) is 30.9 Å². The molecule has 0 unspecified atom stereocenters. The van der Waals surface area contributed by atoms with E-state index in [0.29, 0.717) is 17.1 Å². The van der Waals surface area contributed by atoms with E-state index >= 15 is 0 Å². The van der Waals surface area contributed by atoms with E-state index in [-0.39, 0.29) is 12.5 Å². The summed E-state index contributed by atoms with van der Waals surface area (Å²) in [5.74, 6) is 5.37. The summed E-state index contributed by atoms with van der Waals surface area (Å²) in [6.07, 6.45) is 2.97. The zero-order chi connectivity index (χ0) is 12.1. The molecule has 0 aliphatic heterocycles. The Hall–Kier alpha value is -2.55. The second-order valence-corrected chi connectivity index (χ2v) is 3.08. The van der Waals surface area contributed by atoms with Gasteiger partial charge in [0.2, 0.25) is 0 Å². The fraction of sp³-hybridized carbons (Fsp3) is 0.125. The van der Waals surface area contributed by atoms with Gasteiger partial charge in [-0.2, -0.15) is 5.21 Å². The molecule has 0 aromatic carbocycles. The predicted octanol–water partition coefficient (Wildman–Crippen LogP) is -1.19. The van der Waals surface area contributed by atoms with Crippen molar-refractivity contribution in [3.8, 4) is 0 Å². The van der Waals surface area contributed by atoms with Crippen molar-refractivity contribution < 1.29 is 4.79 Å². The number of hydrogen-bond acceptors (Lipinski definition) is 7. The summed E-state index contributed by atoms with van der Waals surface area (Å²) < 4.78 is 0. The maximum Gasteiger partial charge on any atom is 0.253 e. The minimum atomic E-state index is -0.301. The average Bonchev–Trinajstić information content (AvgIpc) is 2.89. The number of nitrogen functional groups attached to an aromatic ring is 1. The molecular weight excluding hydrogens is 224 g/mol. The molecule has 0 radical (unpaired) electrons. The fourth-order valence-electron chi connectivity index (χ4n) is 1.22. The Kier molecular flexibility index (Phi) is 3.21. The number of H-pyrrole nitrogens is 1. The van der Waals surface area contributed by atoms with Crippen LogP contribution in [0, 0.1) is 0 Å². The molecular formula is C8H10N8O. The maximum atomic E-state index is 11.8. The first-order chi connectivity index (χ1) is 8.31. The lowest BCUT2D eigenvalue weighted by Gasteiger charge is -2.07. The third-order valence-electron chi connectivity index (χ3n) is 2.02. The molecule has 0 bridgehead atoms. The normalized spacial score (nSPS) is 9.94. The van der Waals surface area contributed by atoms with Gasteiger partial charge in [0.15, 0.2) is 5.82 Å². The molecule has 0 atom stereocenters. The van der Waals surface area contributed by atoms with Crippen LogP contribution in [0.5, 0.6) is 0 Å². The van der Waals surface area contributed by atoms with Crippen LogP contribution in [0.4, 0.5) is 5.69 Å². The van der Waals surface area contributed by atoms with Gasteiger partial charge in [-0.1, -0.05) is 5.21 Å². The number of pyridine rings is 1. The Balaban J connectivity index is 2.04. The lowest BCUT2D eigenvalue weighted by Crippen LogP contribution is -2.25. The van der Waals surface area contributed by atoms with E-state index in [1.165, 1.54) is 12.4 Å². The zero-order valence-corrected chi connectivity index (χ0v) is 8.71. The fourth-order valence-corrected chi connectivity index (χ4v) is 1.22. The highest BCUT2D eigenvalue weighted by atomic mass is 16.1. The Morgan fingerprint density at radius 3 is 3.12 bits per heavy atom. The van der Waals surface area contributed by atoms with Gasteiger partial charge in [0.05, 0.1) is 24.0 Å². The number of hydrogen-bond donors (Lipinski definition) is 4. The minimum absolute atomic E-state index is 0.182. The number of nitrogens with one attached hydrogen (secondary N) is 3. The molecule has 9 nitrogen and oxygen atoms in total. The van der Waals surface area contributed by atoms with Crippen molar-refractivity contribution in [2.24, 2.45) is 5.84 Å². The van der Waals surface area contributed by atoms with Gasteiger partial charge in [-0.25, -0.2) is 0 Å². The second-order valence-electron chi connectivity index (χ2n) is 3.08. The van der Waals surface area contributed by atoms with Crippen LogP contribution in [0.1, 0.15) is 16.2 Å². The van der Waals surface area contributed by atoms with E-state index < -0.39 is 0 Å². The molecule has 2 rings (SSSR count). The first-order valence-electron chi connectivity index (χ1n) is 4.72. The summed E-state index contributed by atoms with van der Waals surface area (Å²) >= 11 is 0. The molecule has 5 N–H and O–H groups in total. The Morgan fingerprint density at radius 2 is 2.41 bits per heavy atom. The van der Waals surface area contributed by atoms with Crippen LogP contribution in [0.3, 0.4) is 0 Å². The zero-order valence-electron chi connectivity index (χ0n) is 8.71. The number of aromatic nitrogens is 5. The Bertz CT molecular complexity index is 496. The molecule has 1 amide bonds. The lowest BCUT2D eigenvalue weighted by molar-refractivity contribution is 0.0950. The monoisotopic (exact) mass is 234 g/mol. The largest absolute Gasteiger partial charge is 0.345 e. The van der Waals surface area contributed by atoms with Gasteiger partial charge < -0.3 is 10.7 Å². The van der Waals surface area contributed by atoms with Crippen molar-refractivity contribution >= 4 is 11.6 Å². The number of amides is 1. The standard InChI is InChI=1S/C8H10N8O/c9-12-6-3-10-2-1-5(6)8(17)11-4-7-13-15-16-14-7/h1-3,12H,4,9H2,(H,11,17)(H,13,14,15,16). The third-order valence-corrected chi connectivity index (χ3v) is 2.02. The average molecular weight is 234 g/mol. The number of nitrogens with zero attached hydrogens (tertiary/aromatic N) is 4. The molecule has 2 heterocycles. The molecule has 0 saturated heterocycles. The van der Waals surface area contributed by atoms with Gasteiger partial charge in [-0.05, 0) is 6.07 Å². The summed E-state index contributed by atoms with van der Waals surface area (Å²) in [5.41, 5.74) is 3.23. The molecule has 17 heavy (non-hydrogen) atoms. The molecule has 0 aliphatic rings. The summed E-state index contributed by atoms with van der Waals surface area (Å²) in [6.45, 7) is 0.182. The van der Waals surface area contributed by atoms with Gasteiger partial charge >= 0.3 is 0 Å². The summed E-state index contributed by atoms with van der Waals surface area (Å²) in [5, 5.41) is 15.7. The van der Waals surface area contributed by atoms with Crippen LogP contribution in [-0.2, 0) is 6.54 Å². The number of rotatable bonds is 4. The van der Waals surface area contributed by atoms with E-state index in [1.807, 2.05) is 0 Å². The first-order valence-corrected chi connectivity index (χ1v) is 4.72. The van der Waals surface area contributed by atoms with Gasteiger partial charge in [0.25, 0.3) is 5.91 Å². The molecule has 0 fully saturated rings. The Morgan fingerprint density at radius 1 is 1.53 bits per heavy atom. The molecule has 0 spiro atoms. The van der Waals surface area contributed by atoms with Crippen molar-refractivity contribution in [3.05, 3.63) is 29.8 Å². The van der Waals surface area contributed by atoms with Crippen LogP contribution >= 0.6 is 0 Å². The molecule has 2 aromatic heterocycles. The molecule has 2 aromatic rings. The van der Waals surface area contributed by atoms with Crippen molar-refractivity contribution in [2.45, 2.75) is 6.54 Å². The summed E-state index contributed by atoms with van der Waals surface area (Å²) in [4.78, 5) is 15.6. The van der Waals surface area contributed by atoms with Crippen molar-refractivity contribution in [2.75, 3.05) is 5.43 Å². The number of aromatic amines is 1. The van der Waals surface area contributed by atoms with E-state index in [9.17, 15) is 4.79 Å². The molecule has 0 saturated carbocycles. The highest BCUT2D eigenvalue weighted by molar-refractivity contribution is 5.99. The molecule has 0 aliphatic carbocycles. The number of nitrogens with two attached hydrogens (primary N) is 1. The number of tetrazole rings is 1. The summed E-state index contributed by atoms with van der Waals surface area (Å²) in [6, 6.07) is 1.56. The number of carbonyl (C=O) groups is 1. The maximum absolute atomic E-state index is 11.8. The minimum Gasteiger partial charge on any atom is -0.345 e. The highest BCUT2D eigenvalue weighted by Crippen LogP contribution is 2.11.